The third kappa shape index (κ3) is 3.11. The number of nitrogens with zero attached hydrogens (tertiary/aromatic N) is 1. The summed E-state index contributed by atoms with van der Waals surface area (Å²) in [6.07, 6.45) is 2.40. The van der Waals surface area contributed by atoms with E-state index in [4.69, 9.17) is 0 Å². The Morgan fingerprint density at radius 3 is 2.43 bits per heavy atom. The molecule has 0 aliphatic heterocycles. The highest BCUT2D eigenvalue weighted by Crippen LogP contribution is 2.28. The Morgan fingerprint density at radius 2 is 1.86 bits per heavy atom. The number of carbonyl (C=O) groups is 1. The first-order valence-corrected chi connectivity index (χ1v) is 8.22. The summed E-state index contributed by atoms with van der Waals surface area (Å²) >= 11 is 0. The van der Waals surface area contributed by atoms with Gasteiger partial charge in [0.15, 0.2) is 14.9 Å². The van der Waals surface area contributed by atoms with Crippen LogP contribution in [0.2, 0.25) is 0 Å². The molecule has 0 unspecified atom stereocenters. The predicted octanol–water partition coefficient (Wildman–Crippen LogP) is 1.82. The molecule has 1 N–H and O–H groups in total. The van der Waals surface area contributed by atoms with Crippen molar-refractivity contribution in [2.75, 3.05) is 13.3 Å². The molecule has 0 spiro atoms. The molecule has 0 bridgehead atoms. The number of benzene rings is 1. The van der Waals surface area contributed by atoms with Crippen molar-refractivity contribution in [2.45, 2.75) is 11.9 Å². The van der Waals surface area contributed by atoms with Gasteiger partial charge in [0.2, 0.25) is 0 Å². The minimum absolute atomic E-state index is 0.0478. The lowest BCUT2D eigenvalue weighted by Gasteiger charge is -2.12. The summed E-state index contributed by atoms with van der Waals surface area (Å²) in [5.74, 6) is -0.305. The Bertz CT molecular complexity index is 798. The lowest BCUT2D eigenvalue weighted by molar-refractivity contribution is 0.0963. The Balaban J connectivity index is 2.76. The van der Waals surface area contributed by atoms with Crippen LogP contribution in [0.4, 0.5) is 0 Å². The molecule has 1 heterocycles. The normalized spacial score (nSPS) is 11.2. The number of hydrogen-bond acceptors (Lipinski definition) is 4. The second kappa shape index (κ2) is 5.65. The van der Waals surface area contributed by atoms with Crippen molar-refractivity contribution >= 4 is 15.7 Å². The molecule has 0 saturated heterocycles. The van der Waals surface area contributed by atoms with E-state index < -0.39 is 9.84 Å². The molecule has 0 fully saturated rings. The number of sulfone groups is 1. The smallest absolute Gasteiger partial charge is 0.253 e. The SMILES string of the molecule is CNC(=O)c1cnc(S(C)(=O)=O)cc1-c1ccccc1C. The molecule has 5 nitrogen and oxygen atoms in total. The van der Waals surface area contributed by atoms with Crippen LogP contribution in [0.25, 0.3) is 11.1 Å². The molecule has 110 valence electrons. The maximum Gasteiger partial charge on any atom is 0.253 e. The van der Waals surface area contributed by atoms with Crippen molar-refractivity contribution in [3.8, 4) is 11.1 Å². The van der Waals surface area contributed by atoms with Gasteiger partial charge in [0.05, 0.1) is 5.56 Å². The zero-order chi connectivity index (χ0) is 15.6. The number of pyridine rings is 1. The number of hydrogen-bond donors (Lipinski definition) is 1. The molecule has 6 heteroatoms. The van der Waals surface area contributed by atoms with Crippen molar-refractivity contribution in [3.63, 3.8) is 0 Å². The molecule has 21 heavy (non-hydrogen) atoms. The topological polar surface area (TPSA) is 76.1 Å². The second-order valence-electron chi connectivity index (χ2n) is 4.73. The number of carbonyl (C=O) groups excluding carboxylic acids is 1. The average molecular weight is 304 g/mol. The number of aryl methyl sites for hydroxylation is 1. The van der Waals surface area contributed by atoms with Crippen LogP contribution >= 0.6 is 0 Å². The summed E-state index contributed by atoms with van der Waals surface area (Å²) in [5, 5.41) is 2.49. The molecule has 0 saturated carbocycles. The molecule has 0 atom stereocenters. The minimum Gasteiger partial charge on any atom is -0.355 e. The van der Waals surface area contributed by atoms with E-state index in [-0.39, 0.29) is 10.9 Å². The zero-order valence-corrected chi connectivity index (χ0v) is 12.9. The third-order valence-electron chi connectivity index (χ3n) is 3.17. The van der Waals surface area contributed by atoms with E-state index >= 15 is 0 Å². The third-order valence-corrected chi connectivity index (χ3v) is 4.15. The van der Waals surface area contributed by atoms with Gasteiger partial charge >= 0.3 is 0 Å². The largest absolute Gasteiger partial charge is 0.355 e. The number of aromatic nitrogens is 1. The quantitative estimate of drug-likeness (QED) is 0.938. The molecule has 0 aliphatic rings. The maximum atomic E-state index is 12.0. The van der Waals surface area contributed by atoms with Crippen molar-refractivity contribution in [2.24, 2.45) is 0 Å². The van der Waals surface area contributed by atoms with Crippen LogP contribution in [0.3, 0.4) is 0 Å². The number of rotatable bonds is 3. The van der Waals surface area contributed by atoms with Gasteiger partial charge in [-0.2, -0.15) is 0 Å². The average Bonchev–Trinajstić information content (AvgIpc) is 2.45. The zero-order valence-electron chi connectivity index (χ0n) is 12.0. The summed E-state index contributed by atoms with van der Waals surface area (Å²) in [6, 6.07) is 8.93. The molecule has 1 aromatic carbocycles. The molecule has 0 radical (unpaired) electrons. The van der Waals surface area contributed by atoms with Crippen LogP contribution < -0.4 is 5.32 Å². The van der Waals surface area contributed by atoms with Crippen LogP contribution in [-0.2, 0) is 9.84 Å². The first kappa shape index (κ1) is 15.2. The van der Waals surface area contributed by atoms with Gasteiger partial charge in [-0.15, -0.1) is 0 Å². The van der Waals surface area contributed by atoms with Crippen LogP contribution in [0.1, 0.15) is 15.9 Å². The van der Waals surface area contributed by atoms with E-state index in [9.17, 15) is 13.2 Å². The molecule has 0 aliphatic carbocycles. The summed E-state index contributed by atoms with van der Waals surface area (Å²) < 4.78 is 23.4. The fraction of sp³-hybridized carbons (Fsp3) is 0.200. The molecule has 1 amide bonds. The highest BCUT2D eigenvalue weighted by atomic mass is 32.2. The van der Waals surface area contributed by atoms with Gasteiger partial charge < -0.3 is 5.32 Å². The second-order valence-corrected chi connectivity index (χ2v) is 6.70. The molecule has 2 rings (SSSR count). The monoisotopic (exact) mass is 304 g/mol. The van der Waals surface area contributed by atoms with Gasteiger partial charge in [0.25, 0.3) is 5.91 Å². The lowest BCUT2D eigenvalue weighted by Crippen LogP contribution is -2.19. The van der Waals surface area contributed by atoms with Gasteiger partial charge in [-0.25, -0.2) is 13.4 Å². The van der Waals surface area contributed by atoms with Gasteiger partial charge in [-0.3, -0.25) is 4.79 Å². The summed E-state index contributed by atoms with van der Waals surface area (Å²) in [5.41, 5.74) is 2.67. The van der Waals surface area contributed by atoms with Crippen molar-refractivity contribution < 1.29 is 13.2 Å². The summed E-state index contributed by atoms with van der Waals surface area (Å²) in [6.45, 7) is 1.91. The molecular weight excluding hydrogens is 288 g/mol. The van der Waals surface area contributed by atoms with Crippen LogP contribution in [0, 0.1) is 6.92 Å². The number of amides is 1. The van der Waals surface area contributed by atoms with Gasteiger partial charge in [-0.05, 0) is 29.7 Å². The van der Waals surface area contributed by atoms with E-state index in [1.54, 1.807) is 0 Å². The molecular formula is C15H16N2O3S. The van der Waals surface area contributed by atoms with Crippen LogP contribution in [0.15, 0.2) is 41.6 Å². The Hall–Kier alpha value is -2.21. The van der Waals surface area contributed by atoms with E-state index in [0.717, 1.165) is 17.4 Å². The summed E-state index contributed by atoms with van der Waals surface area (Å²) in [4.78, 5) is 15.9. The van der Waals surface area contributed by atoms with Gasteiger partial charge in [-0.1, -0.05) is 24.3 Å². The molecule has 2 aromatic rings. The Labute approximate surface area is 124 Å². The Kier molecular flexibility index (Phi) is 4.09. The first-order valence-electron chi connectivity index (χ1n) is 6.33. The van der Waals surface area contributed by atoms with E-state index in [1.807, 2.05) is 31.2 Å². The van der Waals surface area contributed by atoms with Crippen LogP contribution in [0.5, 0.6) is 0 Å². The summed E-state index contributed by atoms with van der Waals surface area (Å²) in [7, 11) is -1.92. The van der Waals surface area contributed by atoms with Gasteiger partial charge in [0, 0.05) is 19.5 Å². The molecule has 1 aromatic heterocycles. The standard InChI is InChI=1S/C15H16N2O3S/c1-10-6-4-5-7-11(10)12-8-14(21(3,19)20)17-9-13(12)15(18)16-2/h4-9H,1-3H3,(H,16,18). The van der Waals surface area contributed by atoms with E-state index in [1.165, 1.54) is 19.3 Å². The van der Waals surface area contributed by atoms with Gasteiger partial charge in [0.1, 0.15) is 0 Å². The van der Waals surface area contributed by atoms with Crippen molar-refractivity contribution in [3.05, 3.63) is 47.7 Å². The Morgan fingerprint density at radius 1 is 1.19 bits per heavy atom. The minimum atomic E-state index is -3.44. The van der Waals surface area contributed by atoms with Crippen molar-refractivity contribution in [1.29, 1.82) is 0 Å². The highest BCUT2D eigenvalue weighted by Gasteiger charge is 2.18. The fourth-order valence-electron chi connectivity index (χ4n) is 2.05. The van der Waals surface area contributed by atoms with E-state index in [2.05, 4.69) is 10.3 Å². The maximum absolute atomic E-state index is 12.0. The predicted molar refractivity (Wildman–Crippen MR) is 80.9 cm³/mol. The highest BCUT2D eigenvalue weighted by molar-refractivity contribution is 7.90. The number of nitrogens with one attached hydrogen (secondary N) is 1. The van der Waals surface area contributed by atoms with Crippen molar-refractivity contribution in [1.82, 2.24) is 10.3 Å². The van der Waals surface area contributed by atoms with E-state index in [0.29, 0.717) is 11.1 Å². The first-order chi connectivity index (χ1) is 9.84. The van der Waals surface area contributed by atoms with Crippen LogP contribution in [-0.4, -0.2) is 32.6 Å². The lowest BCUT2D eigenvalue weighted by atomic mass is 9.97. The fourth-order valence-corrected chi connectivity index (χ4v) is 2.63.